The molecule has 6 heteroatoms. The molecule has 0 unspecified atom stereocenters. The molecule has 1 aliphatic carbocycles. The molecule has 0 radical (unpaired) electrons. The average molecular weight is 355 g/mol. The summed E-state index contributed by atoms with van der Waals surface area (Å²) in [7, 11) is 0. The second kappa shape index (κ2) is 6.74. The number of rotatable bonds is 2. The van der Waals surface area contributed by atoms with E-state index < -0.39 is 0 Å². The molecule has 2 fully saturated rings. The summed E-state index contributed by atoms with van der Waals surface area (Å²) in [5, 5.41) is 4.99. The quantitative estimate of drug-likeness (QED) is 0.831. The number of nitrogens with zero attached hydrogens (tertiary/aromatic N) is 3. The summed E-state index contributed by atoms with van der Waals surface area (Å²) in [5.41, 5.74) is 1.22. The zero-order chi connectivity index (χ0) is 18.1. The Labute approximate surface area is 153 Å². The number of hydrogen-bond donors (Lipinski definition) is 0. The molecule has 2 aliphatic rings. The Bertz CT molecular complexity index is 823. The number of amides is 2. The van der Waals surface area contributed by atoms with Crippen LogP contribution in [-0.4, -0.2) is 51.9 Å². The fraction of sp³-hybridized carbons (Fsp3) is 0.550. The molecule has 2 aromatic rings. The van der Waals surface area contributed by atoms with E-state index in [0.717, 1.165) is 31.1 Å². The topological polar surface area (TPSA) is 66.7 Å². The normalized spacial score (nSPS) is 19.9. The summed E-state index contributed by atoms with van der Waals surface area (Å²) in [6, 6.07) is 7.62. The van der Waals surface area contributed by atoms with Crippen LogP contribution in [0.3, 0.4) is 0 Å². The van der Waals surface area contributed by atoms with Crippen LogP contribution in [0.4, 0.5) is 0 Å². The van der Waals surface area contributed by atoms with Crippen molar-refractivity contribution in [3.63, 3.8) is 0 Å². The lowest BCUT2D eigenvalue weighted by molar-refractivity contribution is -0.150. The van der Waals surface area contributed by atoms with Crippen molar-refractivity contribution < 1.29 is 14.1 Å². The molecule has 0 atom stereocenters. The molecule has 26 heavy (non-hydrogen) atoms. The van der Waals surface area contributed by atoms with Crippen molar-refractivity contribution in [2.24, 2.45) is 0 Å². The number of carbonyl (C=O) groups is 2. The molecule has 1 saturated heterocycles. The number of benzene rings is 1. The average Bonchev–Trinajstić information content (AvgIpc) is 3.05. The van der Waals surface area contributed by atoms with Crippen LogP contribution in [0.25, 0.3) is 11.0 Å². The predicted octanol–water partition coefficient (Wildman–Crippen LogP) is 2.76. The van der Waals surface area contributed by atoms with Crippen LogP contribution in [0.1, 0.15) is 44.7 Å². The van der Waals surface area contributed by atoms with Gasteiger partial charge in [0.1, 0.15) is 5.69 Å². The Hall–Kier alpha value is -2.37. The molecule has 6 nitrogen and oxygen atoms in total. The number of para-hydroxylation sites is 1. The SMILES string of the molecule is CC(=O)N1CCN(C(=O)Cc2noc3ccccc23)CC12CCCCC2. The molecular formula is C20H25N3O3. The van der Waals surface area contributed by atoms with Crippen LogP contribution in [-0.2, 0) is 16.0 Å². The van der Waals surface area contributed by atoms with Gasteiger partial charge in [-0.25, -0.2) is 0 Å². The Balaban J connectivity index is 1.52. The third-order valence-electron chi connectivity index (χ3n) is 5.94. The summed E-state index contributed by atoms with van der Waals surface area (Å²) in [6.07, 6.45) is 5.69. The van der Waals surface area contributed by atoms with Gasteiger partial charge in [0.05, 0.1) is 12.0 Å². The van der Waals surface area contributed by atoms with Gasteiger partial charge in [0, 0.05) is 31.9 Å². The molecule has 4 rings (SSSR count). The zero-order valence-corrected chi connectivity index (χ0v) is 15.2. The molecule has 0 bridgehead atoms. The zero-order valence-electron chi connectivity index (χ0n) is 15.2. The minimum absolute atomic E-state index is 0.0669. The van der Waals surface area contributed by atoms with Crippen LogP contribution in [0.5, 0.6) is 0 Å². The van der Waals surface area contributed by atoms with E-state index in [9.17, 15) is 9.59 Å². The molecule has 138 valence electrons. The maximum atomic E-state index is 13.0. The molecule has 2 heterocycles. The highest BCUT2D eigenvalue weighted by Crippen LogP contribution is 2.37. The van der Waals surface area contributed by atoms with E-state index in [2.05, 4.69) is 5.16 Å². The standard InChI is InChI=1S/C20H25N3O3/c1-15(24)23-12-11-22(14-20(23)9-5-2-6-10-20)19(25)13-17-16-7-3-4-8-18(16)26-21-17/h3-4,7-8H,2,5-6,9-14H2,1H3. The van der Waals surface area contributed by atoms with Crippen molar-refractivity contribution in [2.75, 3.05) is 19.6 Å². The Morgan fingerprint density at radius 3 is 2.69 bits per heavy atom. The van der Waals surface area contributed by atoms with E-state index >= 15 is 0 Å². The summed E-state index contributed by atoms with van der Waals surface area (Å²) < 4.78 is 5.32. The monoisotopic (exact) mass is 355 g/mol. The van der Waals surface area contributed by atoms with Crippen LogP contribution < -0.4 is 0 Å². The van der Waals surface area contributed by atoms with Crippen molar-refractivity contribution in [3.05, 3.63) is 30.0 Å². The number of aromatic nitrogens is 1. The van der Waals surface area contributed by atoms with Gasteiger partial charge in [0.2, 0.25) is 11.8 Å². The Kier molecular flexibility index (Phi) is 4.42. The largest absolute Gasteiger partial charge is 0.356 e. The van der Waals surface area contributed by atoms with Gasteiger partial charge in [-0.05, 0) is 25.0 Å². The number of hydrogen-bond acceptors (Lipinski definition) is 4. The third kappa shape index (κ3) is 2.97. The molecule has 1 aliphatic heterocycles. The van der Waals surface area contributed by atoms with Gasteiger partial charge < -0.3 is 14.3 Å². The van der Waals surface area contributed by atoms with Crippen molar-refractivity contribution in [1.29, 1.82) is 0 Å². The highest BCUT2D eigenvalue weighted by atomic mass is 16.5. The molecule has 2 amide bonds. The number of piperazine rings is 1. The summed E-state index contributed by atoms with van der Waals surface area (Å²) in [5.74, 6) is 0.193. The molecular weight excluding hydrogens is 330 g/mol. The van der Waals surface area contributed by atoms with Crippen LogP contribution in [0, 0.1) is 0 Å². The van der Waals surface area contributed by atoms with Gasteiger partial charge in [-0.3, -0.25) is 9.59 Å². The lowest BCUT2D eigenvalue weighted by Crippen LogP contribution is -2.65. The van der Waals surface area contributed by atoms with Crippen molar-refractivity contribution in [2.45, 2.75) is 51.0 Å². The highest BCUT2D eigenvalue weighted by Gasteiger charge is 2.44. The first kappa shape index (κ1) is 17.1. The lowest BCUT2D eigenvalue weighted by atomic mass is 9.78. The summed E-state index contributed by atoms with van der Waals surface area (Å²) >= 11 is 0. The molecule has 1 saturated carbocycles. The summed E-state index contributed by atoms with van der Waals surface area (Å²) in [6.45, 7) is 3.51. The summed E-state index contributed by atoms with van der Waals surface area (Å²) in [4.78, 5) is 29.0. The Morgan fingerprint density at radius 1 is 1.15 bits per heavy atom. The van der Waals surface area contributed by atoms with E-state index in [0.29, 0.717) is 30.9 Å². The van der Waals surface area contributed by atoms with Crippen molar-refractivity contribution in [3.8, 4) is 0 Å². The minimum Gasteiger partial charge on any atom is -0.356 e. The minimum atomic E-state index is -0.177. The maximum absolute atomic E-state index is 13.0. The second-order valence-electron chi connectivity index (χ2n) is 7.57. The van der Waals surface area contributed by atoms with Gasteiger partial charge in [-0.1, -0.05) is 36.6 Å². The van der Waals surface area contributed by atoms with Crippen LogP contribution in [0.15, 0.2) is 28.8 Å². The van der Waals surface area contributed by atoms with Crippen molar-refractivity contribution in [1.82, 2.24) is 15.0 Å². The first-order valence-corrected chi connectivity index (χ1v) is 9.48. The van der Waals surface area contributed by atoms with E-state index in [1.165, 1.54) is 6.42 Å². The lowest BCUT2D eigenvalue weighted by Gasteiger charge is -2.52. The third-order valence-corrected chi connectivity index (χ3v) is 5.94. The smallest absolute Gasteiger partial charge is 0.228 e. The Morgan fingerprint density at radius 2 is 1.92 bits per heavy atom. The van der Waals surface area contributed by atoms with Gasteiger partial charge in [0.25, 0.3) is 0 Å². The van der Waals surface area contributed by atoms with Crippen molar-refractivity contribution >= 4 is 22.8 Å². The van der Waals surface area contributed by atoms with E-state index in [1.807, 2.05) is 34.1 Å². The van der Waals surface area contributed by atoms with Crippen LogP contribution >= 0.6 is 0 Å². The highest BCUT2D eigenvalue weighted by molar-refractivity contribution is 5.86. The molecule has 0 N–H and O–H groups in total. The van der Waals surface area contributed by atoms with Crippen LogP contribution in [0.2, 0.25) is 0 Å². The van der Waals surface area contributed by atoms with E-state index in [-0.39, 0.29) is 23.8 Å². The van der Waals surface area contributed by atoms with Gasteiger partial charge in [0.15, 0.2) is 5.58 Å². The predicted molar refractivity (Wildman–Crippen MR) is 97.5 cm³/mol. The van der Waals surface area contributed by atoms with Gasteiger partial charge in [-0.2, -0.15) is 0 Å². The molecule has 1 aromatic heterocycles. The number of carbonyl (C=O) groups excluding carboxylic acids is 2. The maximum Gasteiger partial charge on any atom is 0.228 e. The first-order valence-electron chi connectivity index (χ1n) is 9.48. The fourth-order valence-electron chi connectivity index (χ4n) is 4.64. The van der Waals surface area contributed by atoms with E-state index in [4.69, 9.17) is 4.52 Å². The molecule has 1 aromatic carbocycles. The fourth-order valence-corrected chi connectivity index (χ4v) is 4.64. The van der Waals surface area contributed by atoms with Gasteiger partial charge >= 0.3 is 0 Å². The van der Waals surface area contributed by atoms with E-state index in [1.54, 1.807) is 6.92 Å². The van der Waals surface area contributed by atoms with Gasteiger partial charge in [-0.15, -0.1) is 0 Å². The second-order valence-corrected chi connectivity index (χ2v) is 7.57. The number of fused-ring (bicyclic) bond motifs is 1. The first-order chi connectivity index (χ1) is 12.6. The molecule has 1 spiro atoms.